The molecule has 5 rings (SSSR count). The first-order chi connectivity index (χ1) is 20.0. The number of hydrogen-bond donors (Lipinski definition) is 3. The molecule has 6 heteroatoms. The molecule has 0 heterocycles. The zero-order chi connectivity index (χ0) is 30.0. The van der Waals surface area contributed by atoms with Crippen LogP contribution in [0, 0.1) is 0 Å². The largest absolute Gasteiger partial charge is 0.508 e. The van der Waals surface area contributed by atoms with E-state index in [1.807, 2.05) is 68.4 Å². The predicted octanol–water partition coefficient (Wildman–Crippen LogP) is 8.47. The van der Waals surface area contributed by atoms with Crippen molar-refractivity contribution >= 4 is 10.1 Å². The molecule has 5 nitrogen and oxygen atoms in total. The maximum Gasteiger partial charge on any atom is 0.298 e. The Morgan fingerprint density at radius 1 is 0.524 bits per heavy atom. The minimum atomic E-state index is -4.71. The van der Waals surface area contributed by atoms with Gasteiger partial charge in [0.15, 0.2) is 0 Å². The lowest BCUT2D eigenvalue weighted by Crippen LogP contribution is -2.04. The van der Waals surface area contributed by atoms with E-state index >= 15 is 0 Å². The summed E-state index contributed by atoms with van der Waals surface area (Å²) in [5.74, 6) is -0.619. The first kappa shape index (κ1) is 29.1. The molecule has 3 atom stereocenters. The Bertz CT molecular complexity index is 1800. The topological polar surface area (TPSA) is 94.8 Å². The van der Waals surface area contributed by atoms with Gasteiger partial charge in [-0.1, -0.05) is 112 Å². The Morgan fingerprint density at radius 2 is 0.976 bits per heavy atom. The Kier molecular flexibility index (Phi) is 8.21. The highest BCUT2D eigenvalue weighted by Gasteiger charge is 2.24. The molecule has 0 aliphatic heterocycles. The third-order valence-corrected chi connectivity index (χ3v) is 9.08. The van der Waals surface area contributed by atoms with E-state index in [9.17, 15) is 23.2 Å². The molecule has 0 radical (unpaired) electrons. The van der Waals surface area contributed by atoms with Crippen LogP contribution in [-0.2, 0) is 10.1 Å². The predicted molar refractivity (Wildman–Crippen MR) is 167 cm³/mol. The van der Waals surface area contributed by atoms with Gasteiger partial charge in [-0.3, -0.25) is 4.55 Å². The van der Waals surface area contributed by atoms with E-state index in [0.717, 1.165) is 11.1 Å². The van der Waals surface area contributed by atoms with Gasteiger partial charge in [-0.05, 0) is 57.6 Å². The summed E-state index contributed by atoms with van der Waals surface area (Å²) < 4.78 is 34.5. The van der Waals surface area contributed by atoms with Crippen molar-refractivity contribution in [1.82, 2.24) is 0 Å². The van der Waals surface area contributed by atoms with Crippen molar-refractivity contribution in [3.05, 3.63) is 149 Å². The van der Waals surface area contributed by atoms with Crippen molar-refractivity contribution < 1.29 is 23.2 Å². The zero-order valence-electron chi connectivity index (χ0n) is 23.8. The van der Waals surface area contributed by atoms with Crippen LogP contribution in [0.3, 0.4) is 0 Å². The summed E-state index contributed by atoms with van der Waals surface area (Å²) in [6.07, 6.45) is 0. The van der Waals surface area contributed by atoms with Crippen LogP contribution in [0.2, 0.25) is 0 Å². The standard InChI is InChI=1S/C36H34O5S/c1-23(26-10-6-4-7-11-26)28-14-16-29(17-15-28)24(2)32-20-30(18-19-34(32)37)31-21-33(25(3)27-12-8-5-9-13-27)36(38)35(22-31)42(39,40)41/h4-25,37-38H,1-3H3,(H,39,40,41). The van der Waals surface area contributed by atoms with Gasteiger partial charge in [-0.15, -0.1) is 0 Å². The van der Waals surface area contributed by atoms with Gasteiger partial charge < -0.3 is 10.2 Å². The third-order valence-electron chi connectivity index (χ3n) is 8.21. The van der Waals surface area contributed by atoms with Crippen LogP contribution < -0.4 is 0 Å². The number of hydrogen-bond acceptors (Lipinski definition) is 4. The second kappa shape index (κ2) is 11.8. The average Bonchev–Trinajstić information content (AvgIpc) is 3.01. The molecule has 0 saturated heterocycles. The van der Waals surface area contributed by atoms with Gasteiger partial charge >= 0.3 is 0 Å². The normalized spacial score (nSPS) is 13.8. The summed E-state index contributed by atoms with van der Waals surface area (Å²) in [6.45, 7) is 6.06. The number of rotatable bonds is 8. The van der Waals surface area contributed by atoms with E-state index in [2.05, 4.69) is 43.3 Å². The van der Waals surface area contributed by atoms with Crippen LogP contribution in [0.1, 0.15) is 71.9 Å². The van der Waals surface area contributed by atoms with Crippen molar-refractivity contribution in [1.29, 1.82) is 0 Å². The summed E-state index contributed by atoms with van der Waals surface area (Å²) >= 11 is 0. The molecule has 0 amide bonds. The minimum absolute atomic E-state index is 0.125. The van der Waals surface area contributed by atoms with E-state index in [4.69, 9.17) is 0 Å². The highest BCUT2D eigenvalue weighted by atomic mass is 32.2. The maximum atomic E-state index is 12.3. The van der Waals surface area contributed by atoms with E-state index < -0.39 is 20.8 Å². The molecule has 5 aromatic rings. The van der Waals surface area contributed by atoms with E-state index in [1.165, 1.54) is 17.2 Å². The molecule has 0 saturated carbocycles. The van der Waals surface area contributed by atoms with Crippen LogP contribution in [0.5, 0.6) is 11.5 Å². The number of benzene rings is 5. The Morgan fingerprint density at radius 3 is 1.52 bits per heavy atom. The van der Waals surface area contributed by atoms with Gasteiger partial charge in [-0.25, -0.2) is 0 Å². The van der Waals surface area contributed by atoms with Gasteiger partial charge in [0.25, 0.3) is 10.1 Å². The van der Waals surface area contributed by atoms with Crippen molar-refractivity contribution in [2.45, 2.75) is 43.4 Å². The van der Waals surface area contributed by atoms with Gasteiger partial charge in [0.1, 0.15) is 16.4 Å². The molecule has 0 spiro atoms. The van der Waals surface area contributed by atoms with Gasteiger partial charge in [0.2, 0.25) is 0 Å². The molecular formula is C36H34O5S. The number of phenolic OH excluding ortho intramolecular Hbond substituents is 2. The molecule has 42 heavy (non-hydrogen) atoms. The van der Waals surface area contributed by atoms with Gasteiger partial charge in [-0.2, -0.15) is 8.42 Å². The van der Waals surface area contributed by atoms with Crippen LogP contribution in [-0.4, -0.2) is 23.2 Å². The van der Waals surface area contributed by atoms with Gasteiger partial charge in [0.05, 0.1) is 0 Å². The monoisotopic (exact) mass is 578 g/mol. The summed E-state index contributed by atoms with van der Waals surface area (Å²) in [7, 11) is -4.71. The van der Waals surface area contributed by atoms with Crippen LogP contribution in [0.25, 0.3) is 11.1 Å². The fraction of sp³-hybridized carbons (Fsp3) is 0.167. The molecule has 0 aliphatic rings. The smallest absolute Gasteiger partial charge is 0.298 e. The van der Waals surface area contributed by atoms with Crippen LogP contribution in [0.4, 0.5) is 0 Å². The molecule has 0 aliphatic carbocycles. The minimum Gasteiger partial charge on any atom is -0.508 e. The van der Waals surface area contributed by atoms with Crippen LogP contribution >= 0.6 is 0 Å². The van der Waals surface area contributed by atoms with Crippen molar-refractivity contribution in [2.24, 2.45) is 0 Å². The highest BCUT2D eigenvalue weighted by molar-refractivity contribution is 7.86. The maximum absolute atomic E-state index is 12.3. The average molecular weight is 579 g/mol. The Balaban J connectivity index is 1.52. The van der Waals surface area contributed by atoms with E-state index in [1.54, 1.807) is 18.2 Å². The lowest BCUT2D eigenvalue weighted by atomic mass is 9.86. The van der Waals surface area contributed by atoms with Crippen molar-refractivity contribution in [2.75, 3.05) is 0 Å². The summed E-state index contributed by atoms with van der Waals surface area (Å²) in [5, 5.41) is 21.8. The zero-order valence-corrected chi connectivity index (χ0v) is 24.6. The van der Waals surface area contributed by atoms with Crippen LogP contribution in [0.15, 0.2) is 120 Å². The number of aromatic hydroxyl groups is 2. The van der Waals surface area contributed by atoms with Gasteiger partial charge in [0, 0.05) is 28.9 Å². The molecule has 0 fully saturated rings. The van der Waals surface area contributed by atoms with Crippen molar-refractivity contribution in [3.63, 3.8) is 0 Å². The highest BCUT2D eigenvalue weighted by Crippen LogP contribution is 2.41. The second-order valence-electron chi connectivity index (χ2n) is 10.8. The molecule has 214 valence electrons. The van der Waals surface area contributed by atoms with E-state index in [0.29, 0.717) is 22.3 Å². The lowest BCUT2D eigenvalue weighted by Gasteiger charge is -2.20. The molecule has 3 unspecified atom stereocenters. The quantitative estimate of drug-likeness (QED) is 0.161. The first-order valence-electron chi connectivity index (χ1n) is 13.9. The Labute approximate surface area is 247 Å². The molecular weight excluding hydrogens is 544 g/mol. The van der Waals surface area contributed by atoms with E-state index in [-0.39, 0.29) is 23.5 Å². The molecule has 3 N–H and O–H groups in total. The Hall–Kier alpha value is -4.39. The first-order valence-corrected chi connectivity index (χ1v) is 15.4. The second-order valence-corrected chi connectivity index (χ2v) is 12.2. The third kappa shape index (κ3) is 5.96. The molecule has 0 bridgehead atoms. The summed E-state index contributed by atoms with van der Waals surface area (Å²) in [4.78, 5) is -0.552. The summed E-state index contributed by atoms with van der Waals surface area (Å²) in [6, 6.07) is 36.2. The number of phenols is 2. The summed E-state index contributed by atoms with van der Waals surface area (Å²) in [5.41, 5.74) is 6.53. The fourth-order valence-electron chi connectivity index (χ4n) is 5.51. The van der Waals surface area contributed by atoms with Crippen molar-refractivity contribution in [3.8, 4) is 22.6 Å². The molecule has 5 aromatic carbocycles. The lowest BCUT2D eigenvalue weighted by molar-refractivity contribution is 0.436. The fourth-order valence-corrected chi connectivity index (χ4v) is 6.15. The molecule has 0 aromatic heterocycles. The SMILES string of the molecule is CC(c1ccccc1)c1ccc(C(C)c2cc(-c3cc(C(C)c4ccccc4)c(O)c(S(=O)(=O)O)c3)ccc2O)cc1.